The lowest BCUT2D eigenvalue weighted by Crippen LogP contribution is -2.24. The van der Waals surface area contributed by atoms with Crippen molar-refractivity contribution < 1.29 is 4.79 Å². The van der Waals surface area contributed by atoms with Crippen molar-refractivity contribution in [2.45, 2.75) is 25.7 Å². The van der Waals surface area contributed by atoms with Gasteiger partial charge in [0.2, 0.25) is 5.91 Å². The second kappa shape index (κ2) is 5.66. The van der Waals surface area contributed by atoms with E-state index in [4.69, 9.17) is 0 Å². The largest absolute Gasteiger partial charge is 0.310 e. The Kier molecular flexibility index (Phi) is 3.50. The van der Waals surface area contributed by atoms with Gasteiger partial charge < -0.3 is 5.32 Å². The highest BCUT2D eigenvalue weighted by Gasteiger charge is 2.30. The fraction of sp³-hybridized carbons (Fsp3) is 0.222. The minimum Gasteiger partial charge on any atom is -0.310 e. The first-order valence-corrected chi connectivity index (χ1v) is 8.69. The van der Waals surface area contributed by atoms with Crippen molar-refractivity contribution >= 4 is 23.1 Å². The molecule has 3 heterocycles. The van der Waals surface area contributed by atoms with Crippen LogP contribution in [0.2, 0.25) is 0 Å². The highest BCUT2D eigenvalue weighted by molar-refractivity contribution is 7.08. The van der Waals surface area contributed by atoms with E-state index < -0.39 is 0 Å². The normalized spacial score (nSPS) is 16.9. The smallest absolute Gasteiger partial charge is 0.226 e. The molecule has 0 aliphatic carbocycles. The summed E-state index contributed by atoms with van der Waals surface area (Å²) in [6.07, 6.45) is 3.33. The lowest BCUT2D eigenvalue weighted by molar-refractivity contribution is -0.116. The molecule has 116 valence electrons. The molecule has 1 aliphatic rings. The van der Waals surface area contributed by atoms with Gasteiger partial charge in [-0.1, -0.05) is 19.1 Å². The summed E-state index contributed by atoms with van der Waals surface area (Å²) in [5.74, 6) is 0.931. The average molecular weight is 323 g/mol. The summed E-state index contributed by atoms with van der Waals surface area (Å²) in [4.78, 5) is 12.2. The number of amides is 1. The Bertz CT molecular complexity index is 851. The van der Waals surface area contributed by atoms with Crippen LogP contribution in [0.15, 0.2) is 47.3 Å². The van der Waals surface area contributed by atoms with Crippen LogP contribution in [0.1, 0.15) is 36.0 Å². The standard InChI is InChI=1S/C18H17N3OS/c1-2-12-4-3-5-14(8-12)21-18-16(10-19-21)15(9-17(22)20-18)13-6-7-23-11-13/h3-8,10-11,15H,2,9H2,1H3,(H,20,22). The van der Waals surface area contributed by atoms with E-state index in [0.29, 0.717) is 6.42 Å². The molecule has 0 bridgehead atoms. The summed E-state index contributed by atoms with van der Waals surface area (Å²) < 4.78 is 1.84. The molecule has 3 aromatic rings. The molecule has 23 heavy (non-hydrogen) atoms. The molecule has 1 atom stereocenters. The maximum absolute atomic E-state index is 12.2. The average Bonchev–Trinajstić information content (AvgIpc) is 3.23. The number of fused-ring (bicyclic) bond motifs is 1. The van der Waals surface area contributed by atoms with E-state index in [1.54, 1.807) is 11.3 Å². The van der Waals surface area contributed by atoms with Crippen LogP contribution in [-0.4, -0.2) is 15.7 Å². The molecule has 0 saturated heterocycles. The number of nitrogens with one attached hydrogen (secondary N) is 1. The Morgan fingerprint density at radius 3 is 3.09 bits per heavy atom. The van der Waals surface area contributed by atoms with Crippen LogP contribution >= 0.6 is 11.3 Å². The van der Waals surface area contributed by atoms with E-state index in [1.165, 1.54) is 11.1 Å². The predicted molar refractivity (Wildman–Crippen MR) is 92.4 cm³/mol. The van der Waals surface area contributed by atoms with Crippen LogP contribution in [0.3, 0.4) is 0 Å². The maximum atomic E-state index is 12.2. The lowest BCUT2D eigenvalue weighted by Gasteiger charge is -2.23. The van der Waals surface area contributed by atoms with Gasteiger partial charge in [0.15, 0.2) is 0 Å². The van der Waals surface area contributed by atoms with Crippen molar-refractivity contribution in [1.29, 1.82) is 0 Å². The number of aromatic nitrogens is 2. The summed E-state index contributed by atoms with van der Waals surface area (Å²) in [6, 6.07) is 10.4. The molecule has 1 aromatic carbocycles. The van der Waals surface area contributed by atoms with Gasteiger partial charge in [-0.3, -0.25) is 4.79 Å². The van der Waals surface area contributed by atoms with Crippen LogP contribution in [0, 0.1) is 0 Å². The summed E-state index contributed by atoms with van der Waals surface area (Å²) in [5, 5.41) is 11.7. The molecule has 4 nitrogen and oxygen atoms in total. The zero-order chi connectivity index (χ0) is 15.8. The van der Waals surface area contributed by atoms with Gasteiger partial charge in [-0.15, -0.1) is 0 Å². The number of rotatable bonds is 3. The van der Waals surface area contributed by atoms with Gasteiger partial charge in [-0.2, -0.15) is 16.4 Å². The Labute approximate surface area is 138 Å². The number of carbonyl (C=O) groups excluding carboxylic acids is 1. The molecule has 1 unspecified atom stereocenters. The monoisotopic (exact) mass is 323 g/mol. The van der Waals surface area contributed by atoms with Gasteiger partial charge in [0.05, 0.1) is 11.9 Å². The van der Waals surface area contributed by atoms with Crippen molar-refractivity contribution in [2.24, 2.45) is 0 Å². The minimum absolute atomic E-state index is 0.0436. The van der Waals surface area contributed by atoms with Crippen molar-refractivity contribution in [2.75, 3.05) is 5.32 Å². The van der Waals surface area contributed by atoms with E-state index in [-0.39, 0.29) is 11.8 Å². The molecule has 1 amide bonds. The van der Waals surface area contributed by atoms with Gasteiger partial charge >= 0.3 is 0 Å². The van der Waals surface area contributed by atoms with E-state index in [9.17, 15) is 4.79 Å². The number of nitrogens with zero attached hydrogens (tertiary/aromatic N) is 2. The van der Waals surface area contributed by atoms with Crippen molar-refractivity contribution in [3.63, 3.8) is 0 Å². The highest BCUT2D eigenvalue weighted by Crippen LogP contribution is 2.38. The number of thiophene rings is 1. The fourth-order valence-corrected chi connectivity index (χ4v) is 3.81. The third-order valence-corrected chi connectivity index (χ3v) is 5.03. The molecule has 0 fully saturated rings. The number of hydrogen-bond acceptors (Lipinski definition) is 3. The molecular weight excluding hydrogens is 306 g/mol. The Balaban J connectivity index is 1.82. The first-order valence-electron chi connectivity index (χ1n) is 7.75. The molecular formula is C18H17N3OS. The van der Waals surface area contributed by atoms with Crippen LogP contribution in [0.4, 0.5) is 5.82 Å². The number of aryl methyl sites for hydroxylation is 1. The fourth-order valence-electron chi connectivity index (χ4n) is 3.09. The molecule has 1 aliphatic heterocycles. The van der Waals surface area contributed by atoms with Crippen molar-refractivity contribution in [3.8, 4) is 5.69 Å². The molecule has 0 saturated carbocycles. The molecule has 4 rings (SSSR count). The second-order valence-corrected chi connectivity index (χ2v) is 6.53. The summed E-state index contributed by atoms with van der Waals surface area (Å²) in [5.41, 5.74) is 4.51. The number of anilines is 1. The molecule has 2 aromatic heterocycles. The highest BCUT2D eigenvalue weighted by atomic mass is 32.1. The van der Waals surface area contributed by atoms with Gasteiger partial charge in [-0.05, 0) is 46.5 Å². The van der Waals surface area contributed by atoms with E-state index in [0.717, 1.165) is 23.5 Å². The number of carbonyl (C=O) groups is 1. The van der Waals surface area contributed by atoms with Gasteiger partial charge in [0, 0.05) is 17.9 Å². The Hall–Kier alpha value is -2.40. The Morgan fingerprint density at radius 2 is 2.30 bits per heavy atom. The summed E-state index contributed by atoms with van der Waals surface area (Å²) in [6.45, 7) is 2.13. The van der Waals surface area contributed by atoms with Crippen LogP contribution in [-0.2, 0) is 11.2 Å². The summed E-state index contributed by atoms with van der Waals surface area (Å²) >= 11 is 1.66. The molecule has 1 N–H and O–H groups in total. The van der Waals surface area contributed by atoms with E-state index in [1.807, 2.05) is 23.0 Å². The zero-order valence-corrected chi connectivity index (χ0v) is 13.6. The predicted octanol–water partition coefficient (Wildman–Crippen LogP) is 3.97. The summed E-state index contributed by atoms with van der Waals surface area (Å²) in [7, 11) is 0. The molecule has 0 radical (unpaired) electrons. The van der Waals surface area contributed by atoms with Crippen LogP contribution < -0.4 is 5.32 Å². The SMILES string of the molecule is CCc1cccc(-n2ncc3c2NC(=O)CC3c2ccsc2)c1. The Morgan fingerprint density at radius 1 is 1.39 bits per heavy atom. The number of benzene rings is 1. The third kappa shape index (κ3) is 2.47. The zero-order valence-electron chi connectivity index (χ0n) is 12.8. The van der Waals surface area contributed by atoms with Gasteiger partial charge in [-0.25, -0.2) is 4.68 Å². The van der Waals surface area contributed by atoms with Crippen molar-refractivity contribution in [1.82, 2.24) is 9.78 Å². The second-order valence-electron chi connectivity index (χ2n) is 5.75. The van der Waals surface area contributed by atoms with Crippen LogP contribution in [0.5, 0.6) is 0 Å². The van der Waals surface area contributed by atoms with Crippen molar-refractivity contribution in [3.05, 3.63) is 64.0 Å². The quantitative estimate of drug-likeness (QED) is 0.793. The number of hydrogen-bond donors (Lipinski definition) is 1. The molecule has 5 heteroatoms. The van der Waals surface area contributed by atoms with E-state index >= 15 is 0 Å². The molecule has 0 spiro atoms. The lowest BCUT2D eigenvalue weighted by atomic mass is 9.89. The minimum atomic E-state index is 0.0436. The maximum Gasteiger partial charge on any atom is 0.226 e. The van der Waals surface area contributed by atoms with Gasteiger partial charge in [0.1, 0.15) is 5.82 Å². The van der Waals surface area contributed by atoms with E-state index in [2.05, 4.69) is 46.3 Å². The first-order chi connectivity index (χ1) is 11.3. The third-order valence-electron chi connectivity index (χ3n) is 4.33. The first kappa shape index (κ1) is 14.2. The topological polar surface area (TPSA) is 46.9 Å². The van der Waals surface area contributed by atoms with Crippen LogP contribution in [0.25, 0.3) is 5.69 Å². The van der Waals surface area contributed by atoms with Gasteiger partial charge in [0.25, 0.3) is 0 Å².